The molecule has 0 bridgehead atoms. The number of nitrogens with one attached hydrogen (secondary N) is 1. The molecule has 1 aliphatic rings. The molecule has 2 amide bonds. The average molecular weight is 372 g/mol. The first kappa shape index (κ1) is 18.6. The first-order valence-electron chi connectivity index (χ1n) is 8.79. The molecule has 2 aromatic carbocycles. The molecule has 5 nitrogen and oxygen atoms in total. The molecule has 1 heterocycles. The van der Waals surface area contributed by atoms with E-state index in [1.165, 1.54) is 0 Å². The fourth-order valence-electron chi connectivity index (χ4n) is 2.63. The van der Waals surface area contributed by atoms with Gasteiger partial charge in [-0.1, -0.05) is 30.3 Å². The Morgan fingerprint density at radius 3 is 2.65 bits per heavy atom. The third-order valence-corrected chi connectivity index (χ3v) is 4.93. The van der Waals surface area contributed by atoms with Crippen molar-refractivity contribution in [2.75, 3.05) is 43.1 Å². The van der Waals surface area contributed by atoms with Gasteiger partial charge >= 0.3 is 6.03 Å². The van der Waals surface area contributed by atoms with E-state index >= 15 is 0 Å². The molecule has 0 aliphatic carbocycles. The van der Waals surface area contributed by atoms with Crippen molar-refractivity contribution in [1.82, 2.24) is 4.90 Å². The molecule has 0 atom stereocenters. The van der Waals surface area contributed by atoms with Crippen LogP contribution in [-0.4, -0.2) is 48.7 Å². The Kier molecular flexibility index (Phi) is 7.22. The molecule has 0 saturated carbocycles. The standard InChI is InChI=1S/C20H24N2O3S/c23-20(22-9-13-26-14-10-22)21-18-6-4-5-17(15-18)16-24-11-12-25-19-7-2-1-3-8-19/h1-8,15H,9-14,16H2,(H,21,23). The van der Waals surface area contributed by atoms with Crippen LogP contribution in [0.4, 0.5) is 10.5 Å². The first-order chi connectivity index (χ1) is 12.8. The maximum absolute atomic E-state index is 12.3. The summed E-state index contributed by atoms with van der Waals surface area (Å²) in [5.74, 6) is 2.86. The van der Waals surface area contributed by atoms with E-state index in [0.717, 1.165) is 41.6 Å². The maximum Gasteiger partial charge on any atom is 0.321 e. The van der Waals surface area contributed by atoms with E-state index in [4.69, 9.17) is 9.47 Å². The Hall–Kier alpha value is -2.18. The lowest BCUT2D eigenvalue weighted by Gasteiger charge is -2.26. The number of carbonyl (C=O) groups excluding carboxylic acids is 1. The second kappa shape index (κ2) is 10.1. The lowest BCUT2D eigenvalue weighted by atomic mass is 10.2. The molecular weight excluding hydrogens is 348 g/mol. The summed E-state index contributed by atoms with van der Waals surface area (Å²) in [5, 5.41) is 2.97. The summed E-state index contributed by atoms with van der Waals surface area (Å²) in [7, 11) is 0. The number of thioether (sulfide) groups is 1. The quantitative estimate of drug-likeness (QED) is 0.750. The van der Waals surface area contributed by atoms with Crippen LogP contribution in [-0.2, 0) is 11.3 Å². The second-order valence-electron chi connectivity index (χ2n) is 5.94. The summed E-state index contributed by atoms with van der Waals surface area (Å²) in [6, 6.07) is 17.4. The van der Waals surface area contributed by atoms with Crippen LogP contribution in [0.2, 0.25) is 0 Å². The summed E-state index contributed by atoms with van der Waals surface area (Å²) in [4.78, 5) is 14.1. The predicted molar refractivity (Wildman–Crippen MR) is 106 cm³/mol. The van der Waals surface area contributed by atoms with Crippen LogP contribution < -0.4 is 10.1 Å². The highest BCUT2D eigenvalue weighted by Gasteiger charge is 2.16. The van der Waals surface area contributed by atoms with Gasteiger partial charge in [0.2, 0.25) is 0 Å². The summed E-state index contributed by atoms with van der Waals surface area (Å²) in [5.41, 5.74) is 1.83. The maximum atomic E-state index is 12.3. The monoisotopic (exact) mass is 372 g/mol. The number of hydrogen-bond acceptors (Lipinski definition) is 4. The van der Waals surface area contributed by atoms with Gasteiger partial charge in [-0.3, -0.25) is 0 Å². The molecule has 26 heavy (non-hydrogen) atoms. The Labute approximate surface area is 158 Å². The zero-order valence-electron chi connectivity index (χ0n) is 14.7. The Morgan fingerprint density at radius 1 is 1.04 bits per heavy atom. The van der Waals surface area contributed by atoms with Crippen LogP contribution in [0.5, 0.6) is 5.75 Å². The SMILES string of the molecule is O=C(Nc1cccc(COCCOc2ccccc2)c1)N1CCSCC1. The van der Waals surface area contributed by atoms with Crippen LogP contribution >= 0.6 is 11.8 Å². The number of benzene rings is 2. The number of carbonyl (C=O) groups is 1. The molecule has 1 aliphatic heterocycles. The van der Waals surface area contributed by atoms with E-state index in [1.54, 1.807) is 0 Å². The average Bonchev–Trinajstić information content (AvgIpc) is 2.69. The highest BCUT2D eigenvalue weighted by molar-refractivity contribution is 7.99. The third kappa shape index (κ3) is 5.97. The molecule has 0 spiro atoms. The van der Waals surface area contributed by atoms with Crippen molar-refractivity contribution in [2.24, 2.45) is 0 Å². The summed E-state index contributed by atoms with van der Waals surface area (Å²) in [6.45, 7) is 3.12. The molecule has 1 N–H and O–H groups in total. The van der Waals surface area contributed by atoms with E-state index in [2.05, 4.69) is 5.32 Å². The Bertz CT molecular complexity index is 690. The van der Waals surface area contributed by atoms with Gasteiger partial charge in [-0.15, -0.1) is 0 Å². The number of rotatable bonds is 7. The topological polar surface area (TPSA) is 50.8 Å². The van der Waals surface area contributed by atoms with Gasteiger partial charge in [0.1, 0.15) is 12.4 Å². The number of amides is 2. The van der Waals surface area contributed by atoms with Gasteiger partial charge in [-0.25, -0.2) is 4.79 Å². The van der Waals surface area contributed by atoms with Gasteiger partial charge in [-0.2, -0.15) is 11.8 Å². The lowest BCUT2D eigenvalue weighted by molar-refractivity contribution is 0.0889. The number of anilines is 1. The van der Waals surface area contributed by atoms with Crippen molar-refractivity contribution in [3.63, 3.8) is 0 Å². The predicted octanol–water partition coefficient (Wildman–Crippen LogP) is 3.86. The minimum Gasteiger partial charge on any atom is -0.491 e. The molecule has 2 aromatic rings. The van der Waals surface area contributed by atoms with Gasteiger partial charge in [0.05, 0.1) is 13.2 Å². The number of urea groups is 1. The largest absolute Gasteiger partial charge is 0.491 e. The molecule has 0 radical (unpaired) electrons. The molecule has 6 heteroatoms. The van der Waals surface area contributed by atoms with E-state index in [-0.39, 0.29) is 6.03 Å². The molecule has 0 aromatic heterocycles. The normalized spacial score (nSPS) is 14.1. The van der Waals surface area contributed by atoms with Gasteiger partial charge in [0.15, 0.2) is 0 Å². The summed E-state index contributed by atoms with van der Waals surface area (Å²) >= 11 is 1.89. The fourth-order valence-corrected chi connectivity index (χ4v) is 3.54. The van der Waals surface area contributed by atoms with E-state index < -0.39 is 0 Å². The van der Waals surface area contributed by atoms with E-state index in [9.17, 15) is 4.79 Å². The van der Waals surface area contributed by atoms with Crippen LogP contribution in [0.25, 0.3) is 0 Å². The fraction of sp³-hybridized carbons (Fsp3) is 0.350. The van der Waals surface area contributed by atoms with Crippen LogP contribution in [0.1, 0.15) is 5.56 Å². The molecule has 0 unspecified atom stereocenters. The Balaban J connectivity index is 1.40. The first-order valence-corrected chi connectivity index (χ1v) is 9.95. The van der Waals surface area contributed by atoms with Gasteiger partial charge in [0.25, 0.3) is 0 Å². The zero-order valence-corrected chi connectivity index (χ0v) is 15.5. The van der Waals surface area contributed by atoms with Crippen molar-refractivity contribution in [3.05, 3.63) is 60.2 Å². The highest BCUT2D eigenvalue weighted by Crippen LogP contribution is 2.15. The number of ether oxygens (including phenoxy) is 2. The zero-order chi connectivity index (χ0) is 18.0. The second-order valence-corrected chi connectivity index (χ2v) is 7.17. The third-order valence-electron chi connectivity index (χ3n) is 3.98. The van der Waals surface area contributed by atoms with E-state index in [0.29, 0.717) is 19.8 Å². The summed E-state index contributed by atoms with van der Waals surface area (Å²) in [6.07, 6.45) is 0. The van der Waals surface area contributed by atoms with Crippen molar-refractivity contribution in [3.8, 4) is 5.75 Å². The van der Waals surface area contributed by atoms with E-state index in [1.807, 2.05) is 71.3 Å². The number of para-hydroxylation sites is 1. The van der Waals surface area contributed by atoms with Crippen LogP contribution in [0.15, 0.2) is 54.6 Å². The Morgan fingerprint density at radius 2 is 1.85 bits per heavy atom. The highest BCUT2D eigenvalue weighted by atomic mass is 32.2. The lowest BCUT2D eigenvalue weighted by Crippen LogP contribution is -2.40. The molecule has 1 fully saturated rings. The molecule has 3 rings (SSSR count). The van der Waals surface area contributed by atoms with Gasteiger partial charge in [0, 0.05) is 30.3 Å². The van der Waals surface area contributed by atoms with Crippen molar-refractivity contribution in [2.45, 2.75) is 6.61 Å². The minimum atomic E-state index is -0.0281. The minimum absolute atomic E-state index is 0.0281. The van der Waals surface area contributed by atoms with Crippen LogP contribution in [0.3, 0.4) is 0 Å². The summed E-state index contributed by atoms with van der Waals surface area (Å²) < 4.78 is 11.3. The smallest absolute Gasteiger partial charge is 0.321 e. The van der Waals surface area contributed by atoms with Gasteiger partial charge in [-0.05, 0) is 29.8 Å². The number of hydrogen-bond donors (Lipinski definition) is 1. The number of nitrogens with zero attached hydrogens (tertiary/aromatic N) is 1. The van der Waals surface area contributed by atoms with Crippen molar-refractivity contribution < 1.29 is 14.3 Å². The van der Waals surface area contributed by atoms with Crippen molar-refractivity contribution in [1.29, 1.82) is 0 Å². The van der Waals surface area contributed by atoms with Gasteiger partial charge < -0.3 is 19.7 Å². The molecule has 138 valence electrons. The molecule has 1 saturated heterocycles. The molecular formula is C20H24N2O3S. The van der Waals surface area contributed by atoms with Crippen molar-refractivity contribution >= 4 is 23.5 Å². The van der Waals surface area contributed by atoms with Crippen LogP contribution in [0, 0.1) is 0 Å².